The summed E-state index contributed by atoms with van der Waals surface area (Å²) in [6, 6.07) is 1.29. The molecule has 0 radical (unpaired) electrons. The number of ketones is 1. The molecule has 2 N–H and O–H groups in total. The van der Waals surface area contributed by atoms with Crippen molar-refractivity contribution in [2.75, 3.05) is 45.9 Å². The fourth-order valence-electron chi connectivity index (χ4n) is 6.89. The summed E-state index contributed by atoms with van der Waals surface area (Å²) < 4.78 is 34.0. The van der Waals surface area contributed by atoms with Crippen LogP contribution in [0.5, 0.6) is 0 Å². The molecule has 1 aromatic heterocycles. The number of nitrogens with zero attached hydrogens (tertiary/aromatic N) is 5. The number of piperazine rings is 2. The fraction of sp³-hybridized carbons (Fsp3) is 0.630. The molecule has 2 amide bonds. The summed E-state index contributed by atoms with van der Waals surface area (Å²) in [5.74, 6) is -3.54. The van der Waals surface area contributed by atoms with Crippen molar-refractivity contribution in [3.05, 3.63) is 40.9 Å². The second-order valence-electron chi connectivity index (χ2n) is 11.6. The monoisotopic (exact) mass is 593 g/mol. The highest BCUT2D eigenvalue weighted by molar-refractivity contribution is 6.29. The van der Waals surface area contributed by atoms with Crippen molar-refractivity contribution in [3.63, 3.8) is 0 Å². The molecule has 6 rings (SSSR count). The number of likely N-dealkylation sites (tertiary alicyclic amines) is 1. The van der Waals surface area contributed by atoms with E-state index < -0.39 is 41.3 Å². The van der Waals surface area contributed by atoms with E-state index in [9.17, 15) is 23.3 Å². The molecule has 4 fully saturated rings. The molecule has 5 aliphatic rings. The molecule has 4 saturated heterocycles. The maximum absolute atomic E-state index is 14.2. The number of rotatable bonds is 7. The first-order valence-corrected chi connectivity index (χ1v) is 14.4. The van der Waals surface area contributed by atoms with Crippen LogP contribution in [0, 0.1) is 17.7 Å². The van der Waals surface area contributed by atoms with Crippen molar-refractivity contribution in [3.8, 4) is 0 Å². The number of carbonyl (C=O) groups is 3. The predicted octanol–water partition coefficient (Wildman–Crippen LogP) is 0.309. The Morgan fingerprint density at radius 1 is 1.22 bits per heavy atom. The molecular formula is C27H34ClF2N7O4. The first-order valence-electron chi connectivity index (χ1n) is 14.0. The van der Waals surface area contributed by atoms with Crippen molar-refractivity contribution < 1.29 is 28.0 Å². The van der Waals surface area contributed by atoms with Gasteiger partial charge in [-0.15, -0.1) is 9.60 Å². The second kappa shape index (κ2) is 10.9. The van der Waals surface area contributed by atoms with Crippen molar-refractivity contribution in [1.29, 1.82) is 0 Å². The predicted molar refractivity (Wildman–Crippen MR) is 143 cm³/mol. The molecule has 7 unspecified atom stereocenters. The molecule has 41 heavy (non-hydrogen) atoms. The van der Waals surface area contributed by atoms with Gasteiger partial charge in [-0.2, -0.15) is 0 Å². The summed E-state index contributed by atoms with van der Waals surface area (Å²) >= 11 is 5.90. The quantitative estimate of drug-likeness (QED) is 0.262. The van der Waals surface area contributed by atoms with Gasteiger partial charge in [0.1, 0.15) is 28.4 Å². The molecule has 0 saturated carbocycles. The van der Waals surface area contributed by atoms with Crippen molar-refractivity contribution in [1.82, 2.24) is 35.7 Å². The number of Topliss-reactive ketones (excluding diaryl/α,β-unsaturated/α-hetero) is 1. The smallest absolute Gasteiger partial charge is 0.260 e. The van der Waals surface area contributed by atoms with E-state index in [-0.39, 0.29) is 60.8 Å². The Labute approximate surface area is 241 Å². The van der Waals surface area contributed by atoms with E-state index in [1.807, 2.05) is 23.8 Å². The number of nitrogens with one attached hydrogen (secondary N) is 2. The molecule has 0 aromatic carbocycles. The summed E-state index contributed by atoms with van der Waals surface area (Å²) in [6.07, 6.45) is 2.54. The van der Waals surface area contributed by atoms with Crippen LogP contribution in [0.15, 0.2) is 24.3 Å². The Bertz CT molecular complexity index is 1240. The van der Waals surface area contributed by atoms with E-state index >= 15 is 0 Å². The Balaban J connectivity index is 1.30. The van der Waals surface area contributed by atoms with Crippen LogP contribution in [0.3, 0.4) is 0 Å². The van der Waals surface area contributed by atoms with Crippen LogP contribution in [0.2, 0.25) is 5.15 Å². The van der Waals surface area contributed by atoms with Gasteiger partial charge in [-0.3, -0.25) is 24.7 Å². The number of hydrogen-bond donors (Lipinski definition) is 2. The number of halogens is 3. The second-order valence-corrected chi connectivity index (χ2v) is 12.0. The van der Waals surface area contributed by atoms with Gasteiger partial charge >= 0.3 is 0 Å². The normalized spacial score (nSPS) is 35.7. The zero-order valence-corrected chi connectivity index (χ0v) is 23.7. The average Bonchev–Trinajstić information content (AvgIpc) is 3.55. The lowest BCUT2D eigenvalue weighted by atomic mass is 9.72. The van der Waals surface area contributed by atoms with E-state index in [1.54, 1.807) is 12.2 Å². The Morgan fingerprint density at radius 3 is 2.71 bits per heavy atom. The maximum atomic E-state index is 14.2. The number of pyridine rings is 1. The number of hydrazine groups is 1. The van der Waals surface area contributed by atoms with Gasteiger partial charge in [0.25, 0.3) is 5.91 Å². The zero-order chi connectivity index (χ0) is 29.1. The van der Waals surface area contributed by atoms with E-state index in [4.69, 9.17) is 16.3 Å². The average molecular weight is 594 g/mol. The number of carbonyl (C=O) groups excluding carboxylic acids is 3. The van der Waals surface area contributed by atoms with Gasteiger partial charge in [0.2, 0.25) is 5.91 Å². The first kappa shape index (κ1) is 28.6. The van der Waals surface area contributed by atoms with Gasteiger partial charge in [0.15, 0.2) is 0 Å². The van der Waals surface area contributed by atoms with E-state index in [0.29, 0.717) is 26.2 Å². The summed E-state index contributed by atoms with van der Waals surface area (Å²) in [5.41, 5.74) is 1.84. The van der Waals surface area contributed by atoms with Gasteiger partial charge in [-0.25, -0.2) is 14.4 Å². The number of amides is 2. The minimum Gasteiger partial charge on any atom is -0.359 e. The molecule has 5 aliphatic heterocycles. The topological polar surface area (TPSA) is 110 Å². The van der Waals surface area contributed by atoms with Crippen LogP contribution >= 0.6 is 11.6 Å². The summed E-state index contributed by atoms with van der Waals surface area (Å²) in [7, 11) is 0. The standard InChI is InChI=1S/C27H34ClF2N7O4/c1-15-16(2)37(6-5-31-15)33-25(39)24-27-4-3-20(41-27)22(19(38)13-18-11-17(29)12-21(28)32-18)23(27)26(40)36(24)14-34-7-9-35(30)10-8-34/h3-4,11-12,15-16,20,22-24,31H,5-10,13-14H2,1-2H3,(H,33,39). The Morgan fingerprint density at radius 2 is 1.98 bits per heavy atom. The van der Waals surface area contributed by atoms with Crippen LogP contribution in [0.25, 0.3) is 0 Å². The van der Waals surface area contributed by atoms with E-state index in [1.165, 1.54) is 4.90 Å². The maximum Gasteiger partial charge on any atom is 0.260 e. The van der Waals surface area contributed by atoms with Gasteiger partial charge < -0.3 is 15.0 Å². The van der Waals surface area contributed by atoms with Gasteiger partial charge in [0.05, 0.1) is 30.3 Å². The lowest BCUT2D eigenvalue weighted by Gasteiger charge is -2.41. The van der Waals surface area contributed by atoms with Crippen LogP contribution in [0.1, 0.15) is 19.5 Å². The highest BCUT2D eigenvalue weighted by Crippen LogP contribution is 2.55. The van der Waals surface area contributed by atoms with Crippen molar-refractivity contribution >= 4 is 29.2 Å². The third-order valence-electron chi connectivity index (χ3n) is 9.12. The number of aromatic nitrogens is 1. The highest BCUT2D eigenvalue weighted by Gasteiger charge is 2.72. The van der Waals surface area contributed by atoms with Gasteiger partial charge in [-0.05, 0) is 19.9 Å². The Hall–Kier alpha value is -2.55. The summed E-state index contributed by atoms with van der Waals surface area (Å²) in [5, 5.41) is 5.90. The zero-order valence-electron chi connectivity index (χ0n) is 22.9. The van der Waals surface area contributed by atoms with Crippen LogP contribution in [-0.4, -0.2) is 118 Å². The molecule has 222 valence electrons. The molecular weight excluding hydrogens is 560 g/mol. The SMILES string of the molecule is CC1NCCN(NC(=O)C2N(CN3CCN(F)CC3)C(=O)C3C(C(=O)Cc4cc(F)cc(Cl)n4)C4C=CC32O4)C1C. The third kappa shape index (κ3) is 5.06. The largest absolute Gasteiger partial charge is 0.359 e. The molecule has 14 heteroatoms. The molecule has 1 spiro atoms. The number of hydrogen-bond acceptors (Lipinski definition) is 9. The molecule has 2 bridgehead atoms. The first-order chi connectivity index (χ1) is 19.6. The number of fused-ring (bicyclic) bond motifs is 1. The van der Waals surface area contributed by atoms with Crippen LogP contribution < -0.4 is 10.7 Å². The molecule has 1 aromatic rings. The minimum atomic E-state index is -1.34. The van der Waals surface area contributed by atoms with Crippen molar-refractivity contribution in [2.24, 2.45) is 11.8 Å². The molecule has 6 heterocycles. The van der Waals surface area contributed by atoms with E-state index in [2.05, 4.69) is 15.7 Å². The minimum absolute atomic E-state index is 0.000432. The third-order valence-corrected chi connectivity index (χ3v) is 9.31. The lowest BCUT2D eigenvalue weighted by Crippen LogP contribution is -2.65. The van der Waals surface area contributed by atoms with Crippen LogP contribution in [-0.2, 0) is 25.5 Å². The van der Waals surface area contributed by atoms with Gasteiger partial charge in [0, 0.05) is 63.8 Å². The fourth-order valence-corrected chi connectivity index (χ4v) is 7.10. The molecule has 0 aliphatic carbocycles. The summed E-state index contributed by atoms with van der Waals surface area (Å²) in [6.45, 7) is 6.54. The number of ether oxygens (including phenoxy) is 1. The highest BCUT2D eigenvalue weighted by atomic mass is 35.5. The lowest BCUT2D eigenvalue weighted by molar-refractivity contribution is -0.147. The summed E-state index contributed by atoms with van der Waals surface area (Å²) in [4.78, 5) is 49.3. The molecule has 11 nitrogen and oxygen atoms in total. The Kier molecular flexibility index (Phi) is 7.62. The van der Waals surface area contributed by atoms with Crippen molar-refractivity contribution in [2.45, 2.75) is 50.1 Å². The molecule has 7 atom stereocenters. The van der Waals surface area contributed by atoms with E-state index in [0.717, 1.165) is 17.3 Å². The van der Waals surface area contributed by atoms with Gasteiger partial charge in [-0.1, -0.05) is 23.8 Å². The van der Waals surface area contributed by atoms with Crippen LogP contribution in [0.4, 0.5) is 8.87 Å².